The molecule has 0 aliphatic carbocycles. The SMILES string of the molecule is COC1=CC(=O)OC1(C(OC(C)=O)c1ccccc1)C(OC(C)=O)c1ccccc1. The van der Waals surface area contributed by atoms with Crippen LogP contribution in [-0.2, 0) is 33.3 Å². The van der Waals surface area contributed by atoms with E-state index < -0.39 is 35.7 Å². The first-order chi connectivity index (χ1) is 14.4. The Morgan fingerprint density at radius 3 is 1.63 bits per heavy atom. The zero-order chi connectivity index (χ0) is 21.7. The minimum absolute atomic E-state index is 0.0812. The third kappa shape index (κ3) is 4.05. The number of rotatable bonds is 7. The second-order valence-corrected chi connectivity index (χ2v) is 6.73. The van der Waals surface area contributed by atoms with Crippen molar-refractivity contribution in [2.75, 3.05) is 7.11 Å². The number of ether oxygens (including phenoxy) is 4. The van der Waals surface area contributed by atoms with Gasteiger partial charge in [0.25, 0.3) is 5.60 Å². The van der Waals surface area contributed by atoms with Crippen molar-refractivity contribution in [1.82, 2.24) is 0 Å². The molecule has 0 saturated heterocycles. The lowest BCUT2D eigenvalue weighted by molar-refractivity contribution is -0.206. The van der Waals surface area contributed by atoms with Crippen molar-refractivity contribution in [1.29, 1.82) is 0 Å². The van der Waals surface area contributed by atoms with Crippen LogP contribution in [0.5, 0.6) is 0 Å². The summed E-state index contributed by atoms with van der Waals surface area (Å²) < 4.78 is 22.6. The second kappa shape index (κ2) is 8.82. The standard InChI is InChI=1S/C23H22O7/c1-15(24)28-21(17-10-6-4-7-11-17)23(19(27-3)14-20(26)30-23)22(29-16(2)25)18-12-8-5-9-13-18/h4-14,21-22H,1-3H3. The van der Waals surface area contributed by atoms with Crippen LogP contribution in [0.4, 0.5) is 0 Å². The molecule has 0 aromatic heterocycles. The van der Waals surface area contributed by atoms with Crippen molar-refractivity contribution >= 4 is 17.9 Å². The predicted molar refractivity (Wildman–Crippen MR) is 106 cm³/mol. The zero-order valence-electron chi connectivity index (χ0n) is 16.9. The van der Waals surface area contributed by atoms with Gasteiger partial charge in [0.15, 0.2) is 18.0 Å². The van der Waals surface area contributed by atoms with E-state index in [9.17, 15) is 14.4 Å². The van der Waals surface area contributed by atoms with Gasteiger partial charge in [0.2, 0.25) is 0 Å². The van der Waals surface area contributed by atoms with Crippen LogP contribution >= 0.6 is 0 Å². The van der Waals surface area contributed by atoms with Crippen LogP contribution in [0, 0.1) is 0 Å². The molecule has 1 aliphatic rings. The third-order valence-corrected chi connectivity index (χ3v) is 4.67. The molecule has 1 heterocycles. The van der Waals surface area contributed by atoms with Gasteiger partial charge in [-0.2, -0.15) is 0 Å². The summed E-state index contributed by atoms with van der Waals surface area (Å²) in [6, 6.07) is 17.5. The first-order valence-electron chi connectivity index (χ1n) is 9.32. The number of esters is 3. The van der Waals surface area contributed by atoms with Gasteiger partial charge in [0.05, 0.1) is 13.2 Å². The number of carbonyl (C=O) groups excluding carboxylic acids is 3. The second-order valence-electron chi connectivity index (χ2n) is 6.73. The van der Waals surface area contributed by atoms with Crippen molar-refractivity contribution in [2.45, 2.75) is 31.7 Å². The van der Waals surface area contributed by atoms with Crippen molar-refractivity contribution < 1.29 is 33.3 Å². The number of methoxy groups -OCH3 is 1. The quantitative estimate of drug-likeness (QED) is 0.510. The lowest BCUT2D eigenvalue weighted by Crippen LogP contribution is -2.48. The van der Waals surface area contributed by atoms with Crippen LogP contribution in [-0.4, -0.2) is 30.6 Å². The van der Waals surface area contributed by atoms with E-state index in [1.165, 1.54) is 27.0 Å². The van der Waals surface area contributed by atoms with E-state index in [0.29, 0.717) is 11.1 Å². The van der Waals surface area contributed by atoms with E-state index in [1.807, 2.05) is 0 Å². The van der Waals surface area contributed by atoms with E-state index in [-0.39, 0.29) is 5.76 Å². The highest BCUT2D eigenvalue weighted by atomic mass is 16.6. The Bertz CT molecular complexity index is 891. The molecule has 0 amide bonds. The average molecular weight is 410 g/mol. The molecule has 30 heavy (non-hydrogen) atoms. The predicted octanol–water partition coefficient (Wildman–Crippen LogP) is 3.42. The summed E-state index contributed by atoms with van der Waals surface area (Å²) in [4.78, 5) is 36.5. The first-order valence-corrected chi connectivity index (χ1v) is 9.32. The minimum Gasteiger partial charge on any atom is -0.496 e. The van der Waals surface area contributed by atoms with Gasteiger partial charge in [0.1, 0.15) is 0 Å². The molecule has 156 valence electrons. The molecular formula is C23H22O7. The molecule has 1 aliphatic heterocycles. The van der Waals surface area contributed by atoms with Crippen molar-refractivity contribution in [3.05, 3.63) is 83.6 Å². The van der Waals surface area contributed by atoms with E-state index in [2.05, 4.69) is 0 Å². The summed E-state index contributed by atoms with van der Waals surface area (Å²) in [5.41, 5.74) is -0.678. The van der Waals surface area contributed by atoms with Gasteiger partial charge < -0.3 is 18.9 Å². The van der Waals surface area contributed by atoms with Crippen LogP contribution < -0.4 is 0 Å². The minimum atomic E-state index is -1.76. The van der Waals surface area contributed by atoms with Gasteiger partial charge in [-0.15, -0.1) is 0 Å². The molecule has 0 N–H and O–H groups in total. The van der Waals surface area contributed by atoms with Crippen LogP contribution in [0.3, 0.4) is 0 Å². The van der Waals surface area contributed by atoms with E-state index in [1.54, 1.807) is 60.7 Å². The van der Waals surface area contributed by atoms with Crippen LogP contribution in [0.1, 0.15) is 37.2 Å². The monoisotopic (exact) mass is 410 g/mol. The maximum Gasteiger partial charge on any atom is 0.335 e. The molecule has 2 unspecified atom stereocenters. The van der Waals surface area contributed by atoms with Crippen LogP contribution in [0.15, 0.2) is 72.5 Å². The highest BCUT2D eigenvalue weighted by molar-refractivity contribution is 5.87. The Kier molecular flexibility index (Phi) is 6.20. The molecule has 7 nitrogen and oxygen atoms in total. The molecule has 0 radical (unpaired) electrons. The lowest BCUT2D eigenvalue weighted by Gasteiger charge is -2.41. The Morgan fingerprint density at radius 2 is 1.27 bits per heavy atom. The maximum absolute atomic E-state index is 12.4. The number of benzene rings is 2. The van der Waals surface area contributed by atoms with Gasteiger partial charge >= 0.3 is 17.9 Å². The normalized spacial score (nSPS) is 19.8. The fraction of sp³-hybridized carbons (Fsp3) is 0.261. The number of hydrogen-bond acceptors (Lipinski definition) is 7. The van der Waals surface area contributed by atoms with Crippen molar-refractivity contribution in [3.63, 3.8) is 0 Å². The van der Waals surface area contributed by atoms with Gasteiger partial charge in [-0.25, -0.2) is 4.79 Å². The van der Waals surface area contributed by atoms with Crippen molar-refractivity contribution in [2.24, 2.45) is 0 Å². The van der Waals surface area contributed by atoms with E-state index >= 15 is 0 Å². The largest absolute Gasteiger partial charge is 0.496 e. The fourth-order valence-corrected chi connectivity index (χ4v) is 3.58. The van der Waals surface area contributed by atoms with Gasteiger partial charge in [0, 0.05) is 13.8 Å². The zero-order valence-corrected chi connectivity index (χ0v) is 16.9. The summed E-state index contributed by atoms with van der Waals surface area (Å²) in [7, 11) is 1.37. The van der Waals surface area contributed by atoms with Crippen LogP contribution in [0.25, 0.3) is 0 Å². The molecule has 0 spiro atoms. The first kappa shape index (κ1) is 21.1. The summed E-state index contributed by atoms with van der Waals surface area (Å²) in [5, 5.41) is 0. The van der Waals surface area contributed by atoms with Gasteiger partial charge in [-0.1, -0.05) is 60.7 Å². The van der Waals surface area contributed by atoms with Gasteiger partial charge in [-0.3, -0.25) is 9.59 Å². The summed E-state index contributed by atoms with van der Waals surface area (Å²) in [6.45, 7) is 2.50. The number of cyclic esters (lactones) is 1. The third-order valence-electron chi connectivity index (χ3n) is 4.67. The molecular weight excluding hydrogens is 388 g/mol. The van der Waals surface area contributed by atoms with Crippen LogP contribution in [0.2, 0.25) is 0 Å². The highest BCUT2D eigenvalue weighted by Gasteiger charge is 2.61. The van der Waals surface area contributed by atoms with Gasteiger partial charge in [-0.05, 0) is 11.1 Å². The molecule has 2 aromatic rings. The van der Waals surface area contributed by atoms with Crippen molar-refractivity contribution in [3.8, 4) is 0 Å². The molecule has 0 fully saturated rings. The molecule has 7 heteroatoms. The lowest BCUT2D eigenvalue weighted by atomic mass is 9.81. The molecule has 2 atom stereocenters. The number of carbonyl (C=O) groups is 3. The summed E-state index contributed by atoms with van der Waals surface area (Å²) in [6.07, 6.45) is -1.12. The Hall–Kier alpha value is -3.61. The maximum atomic E-state index is 12.4. The topological polar surface area (TPSA) is 88.1 Å². The molecule has 0 bridgehead atoms. The average Bonchev–Trinajstić information content (AvgIpc) is 3.08. The molecule has 3 rings (SSSR count). The highest BCUT2D eigenvalue weighted by Crippen LogP contribution is 2.51. The Balaban J connectivity index is 2.29. The Labute approximate surface area is 174 Å². The summed E-state index contributed by atoms with van der Waals surface area (Å²) >= 11 is 0. The summed E-state index contributed by atoms with van der Waals surface area (Å²) in [5.74, 6) is -1.82. The van der Waals surface area contributed by atoms with E-state index in [0.717, 1.165) is 0 Å². The molecule has 0 saturated carbocycles. The van der Waals surface area contributed by atoms with E-state index in [4.69, 9.17) is 18.9 Å². The fourth-order valence-electron chi connectivity index (χ4n) is 3.58. The Morgan fingerprint density at radius 1 is 0.833 bits per heavy atom. The number of hydrogen-bond donors (Lipinski definition) is 0. The molecule has 2 aromatic carbocycles. The smallest absolute Gasteiger partial charge is 0.335 e.